The molecular formula is C12H8O3S. The van der Waals surface area contributed by atoms with E-state index < -0.39 is 17.3 Å². The number of Topliss-reactive ketones (excluding diaryl/α,β-unsaturated/α-hetero) is 1. The smallest absolute Gasteiger partial charge is 0.339 e. The maximum atomic E-state index is 11.7. The van der Waals surface area contributed by atoms with Gasteiger partial charge in [-0.3, -0.25) is 4.79 Å². The van der Waals surface area contributed by atoms with Gasteiger partial charge in [0.2, 0.25) is 0 Å². The Morgan fingerprint density at radius 3 is 2.62 bits per heavy atom. The van der Waals surface area contributed by atoms with Crippen molar-refractivity contribution < 1.29 is 14.7 Å². The molecule has 0 fully saturated rings. The Balaban J connectivity index is 2.33. The van der Waals surface area contributed by atoms with Crippen LogP contribution in [-0.4, -0.2) is 16.9 Å². The normalized spacial score (nSPS) is 12.2. The molecule has 0 unspecified atom stereocenters. The van der Waals surface area contributed by atoms with Gasteiger partial charge in [0.1, 0.15) is 5.57 Å². The van der Waals surface area contributed by atoms with Gasteiger partial charge < -0.3 is 5.11 Å². The summed E-state index contributed by atoms with van der Waals surface area (Å²) in [6.45, 7) is 3.24. The molecule has 0 atom stereocenters. The van der Waals surface area contributed by atoms with Gasteiger partial charge in [0.05, 0.1) is 0 Å². The van der Waals surface area contributed by atoms with Crippen LogP contribution in [0.3, 0.4) is 0 Å². The van der Waals surface area contributed by atoms with E-state index in [1.165, 1.54) is 0 Å². The van der Waals surface area contributed by atoms with E-state index in [4.69, 9.17) is 5.11 Å². The molecule has 16 heavy (non-hydrogen) atoms. The van der Waals surface area contributed by atoms with Crippen LogP contribution in [0.2, 0.25) is 0 Å². The number of benzene rings is 1. The van der Waals surface area contributed by atoms with Crippen LogP contribution in [0.15, 0.2) is 35.2 Å². The molecule has 0 aromatic heterocycles. The predicted octanol–water partition coefficient (Wildman–Crippen LogP) is 2.04. The lowest BCUT2D eigenvalue weighted by Gasteiger charge is -2.20. The molecular weight excluding hydrogens is 224 g/mol. The molecule has 1 aromatic rings. The number of carbonyl (C=O) groups is 2. The van der Waals surface area contributed by atoms with Crippen LogP contribution >= 0.6 is 12.6 Å². The van der Waals surface area contributed by atoms with E-state index in [-0.39, 0.29) is 0 Å². The van der Waals surface area contributed by atoms with E-state index in [0.717, 1.165) is 16.0 Å². The number of hydrogen-bond acceptors (Lipinski definition) is 3. The molecule has 80 valence electrons. The van der Waals surface area contributed by atoms with Gasteiger partial charge >= 0.3 is 5.97 Å². The van der Waals surface area contributed by atoms with E-state index in [2.05, 4.69) is 19.2 Å². The van der Waals surface area contributed by atoms with E-state index >= 15 is 0 Å². The highest BCUT2D eigenvalue weighted by atomic mass is 32.1. The molecule has 0 aliphatic heterocycles. The van der Waals surface area contributed by atoms with Crippen LogP contribution in [0.5, 0.6) is 0 Å². The second-order valence-electron chi connectivity index (χ2n) is 3.41. The van der Waals surface area contributed by atoms with Gasteiger partial charge in [0, 0.05) is 10.5 Å². The highest BCUT2D eigenvalue weighted by Crippen LogP contribution is 2.37. The zero-order valence-electron chi connectivity index (χ0n) is 8.23. The van der Waals surface area contributed by atoms with Crippen LogP contribution in [0.1, 0.15) is 11.1 Å². The van der Waals surface area contributed by atoms with Crippen LogP contribution in [0.4, 0.5) is 0 Å². The summed E-state index contributed by atoms with van der Waals surface area (Å²) in [5.74, 6) is -1.83. The zero-order valence-corrected chi connectivity index (χ0v) is 9.12. The number of fused-ring (bicyclic) bond motifs is 1. The van der Waals surface area contributed by atoms with Crippen LogP contribution < -0.4 is 0 Å². The van der Waals surface area contributed by atoms with E-state index in [0.29, 0.717) is 5.57 Å². The van der Waals surface area contributed by atoms with Crippen molar-refractivity contribution in [2.75, 3.05) is 0 Å². The fourth-order valence-electron chi connectivity index (χ4n) is 1.53. The van der Waals surface area contributed by atoms with Gasteiger partial charge in [-0.25, -0.2) is 4.79 Å². The molecule has 2 rings (SSSR count). The number of thiol groups is 1. The minimum absolute atomic E-state index is 0.387. The maximum Gasteiger partial charge on any atom is 0.339 e. The highest BCUT2D eigenvalue weighted by molar-refractivity contribution is 7.80. The fraction of sp³-hybridized carbons (Fsp3) is 0. The summed E-state index contributed by atoms with van der Waals surface area (Å²) in [5.41, 5.74) is 1.58. The molecule has 0 saturated heterocycles. The number of carboxylic acid groups (broad SMARTS) is 1. The van der Waals surface area contributed by atoms with Crippen LogP contribution in [-0.2, 0) is 9.59 Å². The minimum atomic E-state index is -1.29. The quantitative estimate of drug-likeness (QED) is 0.363. The Bertz CT molecular complexity index is 555. The molecule has 1 aliphatic carbocycles. The number of carbonyl (C=O) groups excluding carboxylic acids is 1. The number of hydrogen-bond donors (Lipinski definition) is 2. The summed E-state index contributed by atoms with van der Waals surface area (Å²) in [6, 6.07) is 5.34. The average molecular weight is 232 g/mol. The first-order valence-electron chi connectivity index (χ1n) is 4.53. The Labute approximate surface area is 97.5 Å². The summed E-state index contributed by atoms with van der Waals surface area (Å²) in [7, 11) is 0. The maximum absolute atomic E-state index is 11.7. The largest absolute Gasteiger partial charge is 0.478 e. The summed E-state index contributed by atoms with van der Waals surface area (Å²) in [5, 5.41) is 8.66. The van der Waals surface area contributed by atoms with Gasteiger partial charge in [-0.1, -0.05) is 18.7 Å². The Morgan fingerprint density at radius 1 is 1.31 bits per heavy atom. The van der Waals surface area contributed by atoms with Gasteiger partial charge in [-0.05, 0) is 23.3 Å². The first-order valence-corrected chi connectivity index (χ1v) is 4.98. The van der Waals surface area contributed by atoms with Crippen molar-refractivity contribution in [1.29, 1.82) is 0 Å². The molecule has 4 heteroatoms. The van der Waals surface area contributed by atoms with Gasteiger partial charge in [0.25, 0.3) is 0 Å². The summed E-state index contributed by atoms with van der Waals surface area (Å²) >= 11 is 4.23. The molecule has 0 bridgehead atoms. The number of carboxylic acids is 1. The van der Waals surface area contributed by atoms with Crippen molar-refractivity contribution in [1.82, 2.24) is 0 Å². The first-order chi connectivity index (χ1) is 7.52. The lowest BCUT2D eigenvalue weighted by atomic mass is 9.84. The van der Waals surface area contributed by atoms with Gasteiger partial charge in [0.15, 0.2) is 5.78 Å². The number of rotatable bonds is 3. The van der Waals surface area contributed by atoms with Crippen molar-refractivity contribution in [3.8, 4) is 0 Å². The van der Waals surface area contributed by atoms with Gasteiger partial charge in [-0.15, -0.1) is 12.6 Å². The van der Waals surface area contributed by atoms with Gasteiger partial charge in [-0.2, -0.15) is 0 Å². The standard InChI is InChI=1S/C12H8O3S/c1-6(12(14)15)11(13)9-5-8-7(9)3-2-4-10(8)16/h2-5,16H,1H2,(H,14,15). The molecule has 0 amide bonds. The third-order valence-electron chi connectivity index (χ3n) is 2.44. The number of aliphatic carboxylic acids is 1. The third kappa shape index (κ3) is 1.47. The zero-order chi connectivity index (χ0) is 11.9. The monoisotopic (exact) mass is 232 g/mol. The lowest BCUT2D eigenvalue weighted by Crippen LogP contribution is -2.16. The highest BCUT2D eigenvalue weighted by Gasteiger charge is 2.27. The number of allylic oxidation sites excluding steroid dienone is 1. The first kappa shape index (κ1) is 10.7. The topological polar surface area (TPSA) is 54.4 Å². The molecule has 0 saturated carbocycles. The average Bonchev–Trinajstić information content (AvgIpc) is 2.20. The van der Waals surface area contributed by atoms with Crippen molar-refractivity contribution in [2.24, 2.45) is 0 Å². The second kappa shape index (κ2) is 3.64. The molecule has 0 heterocycles. The van der Waals surface area contributed by atoms with Crippen LogP contribution in [0, 0.1) is 0 Å². The Morgan fingerprint density at radius 2 is 2.00 bits per heavy atom. The van der Waals surface area contributed by atoms with Crippen molar-refractivity contribution >= 4 is 36.0 Å². The van der Waals surface area contributed by atoms with Crippen LogP contribution in [0.25, 0.3) is 11.6 Å². The summed E-state index contributed by atoms with van der Waals surface area (Å²) in [6.07, 6.45) is 1.63. The van der Waals surface area contributed by atoms with E-state index in [1.807, 2.05) is 6.07 Å². The summed E-state index contributed by atoms with van der Waals surface area (Å²) in [4.78, 5) is 23.0. The van der Waals surface area contributed by atoms with Crippen molar-refractivity contribution in [3.05, 3.63) is 41.5 Å². The lowest BCUT2D eigenvalue weighted by molar-refractivity contribution is -0.133. The van der Waals surface area contributed by atoms with E-state index in [1.54, 1.807) is 18.2 Å². The molecule has 0 spiro atoms. The molecule has 3 nitrogen and oxygen atoms in total. The third-order valence-corrected chi connectivity index (χ3v) is 2.83. The second-order valence-corrected chi connectivity index (χ2v) is 3.89. The van der Waals surface area contributed by atoms with E-state index in [9.17, 15) is 9.59 Å². The molecule has 0 radical (unpaired) electrons. The molecule has 1 aliphatic rings. The predicted molar refractivity (Wildman–Crippen MR) is 63.3 cm³/mol. The van der Waals surface area contributed by atoms with Crippen molar-refractivity contribution in [3.63, 3.8) is 0 Å². The molecule has 1 aromatic carbocycles. The fourth-order valence-corrected chi connectivity index (χ4v) is 1.80. The Hall–Kier alpha value is -1.81. The SMILES string of the molecule is C=C(C(=O)O)C(=O)C1=Cc2c(S)cccc21. The van der Waals surface area contributed by atoms with Crippen molar-refractivity contribution in [2.45, 2.75) is 4.90 Å². The Kier molecular flexibility index (Phi) is 2.44. The minimum Gasteiger partial charge on any atom is -0.478 e. The number of ketones is 1. The summed E-state index contributed by atoms with van der Waals surface area (Å²) < 4.78 is 0. The molecule has 1 N–H and O–H groups in total.